The summed E-state index contributed by atoms with van der Waals surface area (Å²) < 4.78 is 21.6. The van der Waals surface area contributed by atoms with Crippen molar-refractivity contribution in [1.82, 2.24) is 5.32 Å². The van der Waals surface area contributed by atoms with Crippen LogP contribution in [0.2, 0.25) is 0 Å². The number of hydrogen-bond acceptors (Lipinski definition) is 3. The van der Waals surface area contributed by atoms with E-state index in [9.17, 15) is 8.42 Å². The van der Waals surface area contributed by atoms with E-state index in [2.05, 4.69) is 11.4 Å². The van der Waals surface area contributed by atoms with Crippen molar-refractivity contribution in [1.29, 1.82) is 0 Å². The lowest BCUT2D eigenvalue weighted by Gasteiger charge is -2.12. The zero-order valence-corrected chi connectivity index (χ0v) is 6.35. The van der Waals surface area contributed by atoms with Gasteiger partial charge in [-0.25, -0.2) is 8.42 Å². The first-order chi connectivity index (χ1) is 4.61. The molecular weight excluding hydrogens is 150 g/mol. The summed E-state index contributed by atoms with van der Waals surface area (Å²) in [6.07, 6.45) is 8.52. The molecule has 1 unspecified atom stereocenters. The number of dihydropyridines is 1. The monoisotopic (exact) mass is 158 g/mol. The largest absolute Gasteiger partial charge is 0.371 e. The molecule has 0 saturated carbocycles. The Balaban J connectivity index is 2.79. The highest BCUT2D eigenvalue weighted by Gasteiger charge is 2.15. The number of hydrogen-bond donors (Lipinski definition) is 1. The third-order valence-electron chi connectivity index (χ3n) is 1.16. The molecule has 0 aromatic carbocycles. The van der Waals surface area contributed by atoms with E-state index in [1.54, 1.807) is 12.2 Å². The van der Waals surface area contributed by atoms with Crippen molar-refractivity contribution in [2.24, 2.45) is 0 Å². The predicted octanol–water partition coefficient (Wildman–Crippen LogP) is -0.167. The van der Waals surface area contributed by atoms with E-state index in [0.29, 0.717) is 0 Å². The summed E-state index contributed by atoms with van der Waals surface area (Å²) in [6.45, 7) is 0. The van der Waals surface area contributed by atoms with Crippen molar-refractivity contribution >= 4 is 9.84 Å². The summed E-state index contributed by atoms with van der Waals surface area (Å²) in [5.41, 5.74) is 0. The fourth-order valence-electron chi connectivity index (χ4n) is 0.643. The van der Waals surface area contributed by atoms with E-state index in [0.717, 1.165) is 0 Å². The highest BCUT2D eigenvalue weighted by atomic mass is 32.2. The Morgan fingerprint density at radius 1 is 1.60 bits per heavy atom. The Labute approximate surface area is 60.4 Å². The fourth-order valence-corrected chi connectivity index (χ4v) is 1.32. The van der Waals surface area contributed by atoms with Crippen LogP contribution in [0.25, 0.3) is 0 Å². The number of sulfone groups is 1. The Hall–Kier alpha value is -0.770. The van der Waals surface area contributed by atoms with Crippen molar-refractivity contribution in [3.63, 3.8) is 0 Å². The van der Waals surface area contributed by atoms with Crippen LogP contribution in [0, 0.1) is 6.08 Å². The van der Waals surface area contributed by atoms with Crippen molar-refractivity contribution in [3.05, 3.63) is 24.4 Å². The molecule has 0 aromatic rings. The summed E-state index contributed by atoms with van der Waals surface area (Å²) in [5, 5.41) is 2.07. The predicted molar refractivity (Wildman–Crippen MR) is 38.7 cm³/mol. The molecule has 1 atom stereocenters. The molecule has 0 spiro atoms. The molecule has 1 aliphatic heterocycles. The lowest BCUT2D eigenvalue weighted by molar-refractivity contribution is 0.588. The Bertz CT molecular complexity index is 263. The fraction of sp³-hybridized carbons (Fsp3) is 0.333. The standard InChI is InChI=1S/C6H8NO2S/c1-10(8,9)6-4-2-3-5-7-6/h2,4-7H,1H3. The van der Waals surface area contributed by atoms with Crippen LogP contribution in [0.1, 0.15) is 0 Å². The van der Waals surface area contributed by atoms with Gasteiger partial charge in [0.2, 0.25) is 0 Å². The molecule has 4 heteroatoms. The third-order valence-corrected chi connectivity index (χ3v) is 2.38. The molecule has 1 rings (SSSR count). The normalized spacial score (nSPS) is 24.3. The molecular formula is C6H8NO2S. The average molecular weight is 158 g/mol. The summed E-state index contributed by atoms with van der Waals surface area (Å²) in [6, 6.07) is 0. The SMILES string of the molecule is CS(=O)(=O)C1C=C[C]=CN1. The first-order valence-corrected chi connectivity index (χ1v) is 4.75. The molecule has 0 fully saturated rings. The van der Waals surface area contributed by atoms with Crippen LogP contribution in [0.5, 0.6) is 0 Å². The van der Waals surface area contributed by atoms with Crippen LogP contribution in [-0.2, 0) is 9.84 Å². The molecule has 55 valence electrons. The molecule has 1 heterocycles. The molecule has 1 N–H and O–H groups in total. The van der Waals surface area contributed by atoms with Crippen molar-refractivity contribution in [2.75, 3.05) is 6.26 Å². The van der Waals surface area contributed by atoms with Gasteiger partial charge in [-0.1, -0.05) is 6.08 Å². The maximum absolute atomic E-state index is 10.8. The summed E-state index contributed by atoms with van der Waals surface area (Å²) >= 11 is 0. The van der Waals surface area contributed by atoms with Gasteiger partial charge in [0, 0.05) is 12.5 Å². The highest BCUT2D eigenvalue weighted by Crippen LogP contribution is 2.00. The Morgan fingerprint density at radius 3 is 2.60 bits per heavy atom. The van der Waals surface area contributed by atoms with E-state index < -0.39 is 15.2 Å². The van der Waals surface area contributed by atoms with Gasteiger partial charge in [-0.2, -0.15) is 0 Å². The Kier molecular flexibility index (Phi) is 1.80. The molecule has 3 nitrogen and oxygen atoms in total. The second kappa shape index (κ2) is 2.46. The zero-order valence-electron chi connectivity index (χ0n) is 5.53. The number of nitrogens with one attached hydrogen (secondary N) is 1. The van der Waals surface area contributed by atoms with E-state index in [1.165, 1.54) is 12.5 Å². The van der Waals surface area contributed by atoms with Crippen LogP contribution >= 0.6 is 0 Å². The third kappa shape index (κ3) is 1.60. The van der Waals surface area contributed by atoms with E-state index >= 15 is 0 Å². The van der Waals surface area contributed by atoms with Gasteiger partial charge in [-0.15, -0.1) is 0 Å². The molecule has 1 aliphatic rings. The van der Waals surface area contributed by atoms with Gasteiger partial charge in [0.1, 0.15) is 5.37 Å². The van der Waals surface area contributed by atoms with Crippen LogP contribution in [0.15, 0.2) is 18.4 Å². The number of rotatable bonds is 1. The van der Waals surface area contributed by atoms with Gasteiger partial charge in [0.05, 0.1) is 0 Å². The molecule has 0 aromatic heterocycles. The van der Waals surface area contributed by atoms with Gasteiger partial charge in [-0.05, 0) is 12.2 Å². The summed E-state index contributed by atoms with van der Waals surface area (Å²) in [4.78, 5) is 0. The first kappa shape index (κ1) is 7.34. The Morgan fingerprint density at radius 2 is 2.30 bits per heavy atom. The van der Waals surface area contributed by atoms with Gasteiger partial charge in [-0.3, -0.25) is 0 Å². The maximum Gasteiger partial charge on any atom is 0.171 e. The molecule has 0 aliphatic carbocycles. The maximum atomic E-state index is 10.8. The van der Waals surface area contributed by atoms with E-state index in [1.807, 2.05) is 0 Å². The van der Waals surface area contributed by atoms with Gasteiger partial charge < -0.3 is 5.32 Å². The van der Waals surface area contributed by atoms with Crippen LogP contribution in [0.3, 0.4) is 0 Å². The zero-order chi connectivity index (χ0) is 7.61. The van der Waals surface area contributed by atoms with Gasteiger partial charge >= 0.3 is 0 Å². The van der Waals surface area contributed by atoms with Gasteiger partial charge in [0.15, 0.2) is 9.84 Å². The number of allylic oxidation sites excluding steroid dienone is 2. The molecule has 0 amide bonds. The topological polar surface area (TPSA) is 46.2 Å². The van der Waals surface area contributed by atoms with Gasteiger partial charge in [0.25, 0.3) is 0 Å². The molecule has 1 radical (unpaired) electrons. The minimum atomic E-state index is -3.00. The van der Waals surface area contributed by atoms with Crippen molar-refractivity contribution in [2.45, 2.75) is 5.37 Å². The average Bonchev–Trinajstić information content (AvgIpc) is 1.88. The molecule has 0 bridgehead atoms. The van der Waals surface area contributed by atoms with Crippen molar-refractivity contribution < 1.29 is 8.42 Å². The lowest BCUT2D eigenvalue weighted by atomic mass is 10.4. The highest BCUT2D eigenvalue weighted by molar-refractivity contribution is 7.91. The van der Waals surface area contributed by atoms with Crippen molar-refractivity contribution in [3.8, 4) is 0 Å². The first-order valence-electron chi connectivity index (χ1n) is 2.80. The second-order valence-electron chi connectivity index (χ2n) is 2.09. The van der Waals surface area contributed by atoms with E-state index in [-0.39, 0.29) is 0 Å². The second-order valence-corrected chi connectivity index (χ2v) is 4.25. The van der Waals surface area contributed by atoms with Crippen LogP contribution < -0.4 is 5.32 Å². The van der Waals surface area contributed by atoms with E-state index in [4.69, 9.17) is 0 Å². The minimum absolute atomic E-state index is 0.575. The summed E-state index contributed by atoms with van der Waals surface area (Å²) in [5.74, 6) is 0. The molecule has 10 heavy (non-hydrogen) atoms. The quantitative estimate of drug-likeness (QED) is 0.576. The van der Waals surface area contributed by atoms with Crippen LogP contribution in [-0.4, -0.2) is 20.0 Å². The lowest BCUT2D eigenvalue weighted by Crippen LogP contribution is -2.31. The smallest absolute Gasteiger partial charge is 0.171 e. The summed E-state index contributed by atoms with van der Waals surface area (Å²) in [7, 11) is -3.00. The molecule has 0 saturated heterocycles. The minimum Gasteiger partial charge on any atom is -0.371 e. The van der Waals surface area contributed by atoms with Crippen LogP contribution in [0.4, 0.5) is 0 Å².